The van der Waals surface area contributed by atoms with Crippen LogP contribution in [0.25, 0.3) is 0 Å². The van der Waals surface area contributed by atoms with Gasteiger partial charge in [0.2, 0.25) is 12.8 Å². The number of carbonyl (C=O) groups is 1. The van der Waals surface area contributed by atoms with Crippen molar-refractivity contribution in [3.63, 3.8) is 0 Å². The number of rotatable bonds is 5. The Kier molecular flexibility index (Phi) is 4.69. The molecule has 5 nitrogen and oxygen atoms in total. The van der Waals surface area contributed by atoms with Gasteiger partial charge in [-0.2, -0.15) is 4.57 Å². The fourth-order valence-electron chi connectivity index (χ4n) is 2.78. The molecule has 0 aliphatic carbocycles. The molecule has 0 saturated carbocycles. The number of pyridine rings is 1. The van der Waals surface area contributed by atoms with Crippen molar-refractivity contribution >= 4 is 5.91 Å². The normalized spacial score (nSPS) is 13.6. The van der Waals surface area contributed by atoms with Crippen LogP contribution in [-0.4, -0.2) is 12.7 Å². The van der Waals surface area contributed by atoms with E-state index in [1.807, 2.05) is 36.6 Å². The predicted octanol–water partition coefficient (Wildman–Crippen LogP) is 2.45. The molecule has 1 amide bonds. The zero-order valence-electron chi connectivity index (χ0n) is 14.3. The Morgan fingerprint density at radius 3 is 2.75 bits per heavy atom. The van der Waals surface area contributed by atoms with E-state index >= 15 is 0 Å². The van der Waals surface area contributed by atoms with Crippen molar-refractivity contribution in [2.24, 2.45) is 0 Å². The molecule has 5 heteroatoms. The van der Waals surface area contributed by atoms with Gasteiger partial charge in [0.05, 0.1) is 0 Å². The molecular formula is C19H23N2O3+. The number of amides is 1. The van der Waals surface area contributed by atoms with Crippen LogP contribution >= 0.6 is 0 Å². The maximum absolute atomic E-state index is 12.5. The zero-order valence-corrected chi connectivity index (χ0v) is 14.3. The molecule has 0 radical (unpaired) electrons. The minimum absolute atomic E-state index is 0.00554. The summed E-state index contributed by atoms with van der Waals surface area (Å²) in [4.78, 5) is 12.5. The number of hydrogen-bond acceptors (Lipinski definition) is 3. The molecule has 1 aromatic heterocycles. The molecular weight excluding hydrogens is 304 g/mol. The van der Waals surface area contributed by atoms with Crippen molar-refractivity contribution in [1.82, 2.24) is 5.32 Å². The van der Waals surface area contributed by atoms with Gasteiger partial charge in [0.15, 0.2) is 23.4 Å². The lowest BCUT2D eigenvalue weighted by Crippen LogP contribution is -2.48. The lowest BCUT2D eigenvalue weighted by atomic mass is 10.1. The van der Waals surface area contributed by atoms with Crippen molar-refractivity contribution < 1.29 is 18.8 Å². The number of aryl methyl sites for hydroxylation is 2. The van der Waals surface area contributed by atoms with Crippen molar-refractivity contribution in [2.75, 3.05) is 6.79 Å². The number of hydrogen-bond donors (Lipinski definition) is 1. The summed E-state index contributed by atoms with van der Waals surface area (Å²) >= 11 is 0. The Morgan fingerprint density at radius 2 is 1.96 bits per heavy atom. The number of carbonyl (C=O) groups excluding carboxylic acids is 1. The highest BCUT2D eigenvalue weighted by molar-refractivity contribution is 5.78. The Labute approximate surface area is 142 Å². The van der Waals surface area contributed by atoms with Crippen LogP contribution in [0.3, 0.4) is 0 Å². The van der Waals surface area contributed by atoms with Crippen molar-refractivity contribution in [3.8, 4) is 11.5 Å². The topological polar surface area (TPSA) is 51.4 Å². The van der Waals surface area contributed by atoms with Crippen LogP contribution in [0.15, 0.2) is 36.5 Å². The molecule has 1 aliphatic heterocycles. The summed E-state index contributed by atoms with van der Waals surface area (Å²) in [7, 11) is 0. The van der Waals surface area contributed by atoms with Gasteiger partial charge in [-0.3, -0.25) is 4.79 Å². The second-order valence-corrected chi connectivity index (χ2v) is 6.02. The van der Waals surface area contributed by atoms with Crippen molar-refractivity contribution in [2.45, 2.75) is 39.8 Å². The number of nitrogens with zero attached hydrogens (tertiary/aromatic N) is 1. The molecule has 3 rings (SSSR count). The smallest absolute Gasteiger partial charge is 0.289 e. The van der Waals surface area contributed by atoms with Crippen LogP contribution in [0, 0.1) is 6.92 Å². The predicted molar refractivity (Wildman–Crippen MR) is 89.9 cm³/mol. The first-order chi connectivity index (χ1) is 11.6. The van der Waals surface area contributed by atoms with E-state index in [2.05, 4.69) is 30.6 Å². The van der Waals surface area contributed by atoms with Gasteiger partial charge in [-0.25, -0.2) is 0 Å². The number of nitrogens with one attached hydrogen (secondary N) is 1. The van der Waals surface area contributed by atoms with Crippen molar-refractivity contribution in [3.05, 3.63) is 53.3 Å². The first kappa shape index (κ1) is 16.3. The maximum Gasteiger partial charge on any atom is 0.289 e. The van der Waals surface area contributed by atoms with E-state index < -0.39 is 0 Å². The minimum Gasteiger partial charge on any atom is -0.454 e. The Morgan fingerprint density at radius 1 is 1.21 bits per heavy atom. The van der Waals surface area contributed by atoms with Gasteiger partial charge < -0.3 is 14.8 Å². The average Bonchev–Trinajstić information content (AvgIpc) is 3.07. The molecule has 0 spiro atoms. The molecule has 0 fully saturated rings. The molecule has 1 aromatic carbocycles. The summed E-state index contributed by atoms with van der Waals surface area (Å²) in [5, 5.41) is 3.00. The summed E-state index contributed by atoms with van der Waals surface area (Å²) in [5.41, 5.74) is 3.28. The molecule has 2 aromatic rings. The summed E-state index contributed by atoms with van der Waals surface area (Å²) in [5.74, 6) is 1.48. The average molecular weight is 327 g/mol. The van der Waals surface area contributed by atoms with Crippen LogP contribution < -0.4 is 19.4 Å². The lowest BCUT2D eigenvalue weighted by Gasteiger charge is -2.11. The van der Waals surface area contributed by atoms with E-state index in [1.54, 1.807) is 0 Å². The molecule has 0 unspecified atom stereocenters. The monoisotopic (exact) mass is 327 g/mol. The number of fused-ring (bicyclic) bond motifs is 1. The van der Waals surface area contributed by atoms with Gasteiger partial charge in [-0.05, 0) is 30.2 Å². The van der Waals surface area contributed by atoms with Gasteiger partial charge >= 0.3 is 0 Å². The van der Waals surface area contributed by atoms with E-state index in [0.717, 1.165) is 29.2 Å². The number of aromatic nitrogens is 1. The molecule has 0 bridgehead atoms. The molecule has 2 heterocycles. The minimum atomic E-state index is -0.259. The summed E-state index contributed by atoms with van der Waals surface area (Å²) < 4.78 is 12.7. The lowest BCUT2D eigenvalue weighted by molar-refractivity contribution is -0.712. The number of benzene rings is 1. The fraction of sp³-hybridized carbons (Fsp3) is 0.368. The highest BCUT2D eigenvalue weighted by Crippen LogP contribution is 2.32. The quantitative estimate of drug-likeness (QED) is 0.858. The largest absolute Gasteiger partial charge is 0.454 e. The van der Waals surface area contributed by atoms with Crippen LogP contribution in [-0.2, 0) is 17.8 Å². The summed E-state index contributed by atoms with van der Waals surface area (Å²) in [6.07, 6.45) is 3.01. The van der Waals surface area contributed by atoms with Crippen LogP contribution in [0.1, 0.15) is 36.7 Å². The number of ether oxygens (including phenoxy) is 2. The highest BCUT2D eigenvalue weighted by Gasteiger charge is 2.24. The third-order valence-electron chi connectivity index (χ3n) is 4.36. The molecule has 0 saturated heterocycles. The Hall–Kier alpha value is -2.56. The zero-order chi connectivity index (χ0) is 17.1. The second kappa shape index (κ2) is 6.91. The van der Waals surface area contributed by atoms with Crippen LogP contribution in [0.5, 0.6) is 11.5 Å². The van der Waals surface area contributed by atoms with Gasteiger partial charge in [0, 0.05) is 32.0 Å². The van der Waals surface area contributed by atoms with E-state index in [4.69, 9.17) is 9.47 Å². The van der Waals surface area contributed by atoms with E-state index in [1.165, 1.54) is 5.56 Å². The highest BCUT2D eigenvalue weighted by atomic mass is 16.7. The van der Waals surface area contributed by atoms with Gasteiger partial charge in [0.25, 0.3) is 5.91 Å². The second-order valence-electron chi connectivity index (χ2n) is 6.02. The molecule has 24 heavy (non-hydrogen) atoms. The summed E-state index contributed by atoms with van der Waals surface area (Å²) in [6.45, 7) is 6.76. The molecule has 1 aliphatic rings. The van der Waals surface area contributed by atoms with E-state index in [-0.39, 0.29) is 18.7 Å². The van der Waals surface area contributed by atoms with Gasteiger partial charge in [-0.15, -0.1) is 0 Å². The molecule has 1 atom stereocenters. The van der Waals surface area contributed by atoms with Gasteiger partial charge in [-0.1, -0.05) is 13.0 Å². The fourth-order valence-corrected chi connectivity index (χ4v) is 2.78. The SMILES string of the molecule is CCc1ccc(C)[n+]([C@@H](C)C(=O)NCc2ccc3c(c2)OCO3)c1. The van der Waals surface area contributed by atoms with E-state index in [0.29, 0.717) is 6.54 Å². The van der Waals surface area contributed by atoms with Crippen LogP contribution in [0.4, 0.5) is 0 Å². The van der Waals surface area contributed by atoms with Crippen LogP contribution in [0.2, 0.25) is 0 Å². The first-order valence-corrected chi connectivity index (χ1v) is 8.25. The Balaban J connectivity index is 1.66. The Bertz CT molecular complexity index is 758. The third kappa shape index (κ3) is 3.35. The maximum atomic E-state index is 12.5. The first-order valence-electron chi connectivity index (χ1n) is 8.25. The van der Waals surface area contributed by atoms with Crippen molar-refractivity contribution in [1.29, 1.82) is 0 Å². The molecule has 1 N–H and O–H groups in total. The third-order valence-corrected chi connectivity index (χ3v) is 4.36. The van der Waals surface area contributed by atoms with E-state index in [9.17, 15) is 4.79 Å². The molecule has 126 valence electrons. The standard InChI is InChI=1S/C19H22N2O3/c1-4-15-6-5-13(2)21(11-15)14(3)19(22)20-10-16-7-8-17-18(9-16)24-12-23-17/h5-9,11,14H,4,10,12H2,1-3H3/p+1/t14-/m0/s1. The summed E-state index contributed by atoms with van der Waals surface area (Å²) in [6, 6.07) is 9.61. The van der Waals surface area contributed by atoms with Gasteiger partial charge in [0.1, 0.15) is 0 Å².